The van der Waals surface area contributed by atoms with Crippen molar-refractivity contribution < 1.29 is 14.3 Å². The van der Waals surface area contributed by atoms with E-state index in [1.807, 2.05) is 32.0 Å². The molecule has 106 valence electrons. The molecule has 0 bridgehead atoms. The van der Waals surface area contributed by atoms with Gasteiger partial charge in [-0.15, -0.1) is 0 Å². The first kappa shape index (κ1) is 15.5. The molecule has 0 radical (unpaired) electrons. The largest absolute Gasteiger partial charge is 0.382 e. The van der Waals surface area contributed by atoms with Crippen LogP contribution in [0.15, 0.2) is 24.3 Å². The van der Waals surface area contributed by atoms with Crippen LogP contribution in [0.1, 0.15) is 24.2 Å². The minimum atomic E-state index is -0.436. The highest BCUT2D eigenvalue weighted by molar-refractivity contribution is 5.99. The molecule has 0 saturated heterocycles. The van der Waals surface area contributed by atoms with Crippen LogP contribution in [0.5, 0.6) is 0 Å². The Labute approximate surface area is 114 Å². The second kappa shape index (κ2) is 7.76. The number of ether oxygens (including phenoxy) is 2. The molecule has 1 amide bonds. The smallest absolute Gasteiger partial charge is 0.253 e. The fourth-order valence-corrected chi connectivity index (χ4v) is 1.65. The first-order valence-corrected chi connectivity index (χ1v) is 6.27. The van der Waals surface area contributed by atoms with Gasteiger partial charge in [-0.25, -0.2) is 0 Å². The summed E-state index contributed by atoms with van der Waals surface area (Å²) in [5.74, 6) is -0.150. The van der Waals surface area contributed by atoms with Crippen molar-refractivity contribution in [3.05, 3.63) is 29.8 Å². The zero-order valence-electron chi connectivity index (χ0n) is 11.9. The molecule has 1 rings (SSSR count). The fraction of sp³-hybridized carbons (Fsp3) is 0.500. The van der Waals surface area contributed by atoms with Crippen LogP contribution in [-0.4, -0.2) is 39.0 Å². The molecule has 0 aliphatic carbocycles. The normalized spacial score (nSPS) is 10.8. The minimum Gasteiger partial charge on any atom is -0.382 e. The number of rotatable bonds is 7. The number of benzene rings is 1. The highest BCUT2D eigenvalue weighted by atomic mass is 16.7. The fourth-order valence-electron chi connectivity index (χ4n) is 1.65. The number of hydrogen-bond donors (Lipinski definition) is 2. The lowest BCUT2D eigenvalue weighted by atomic mass is 10.1. The summed E-state index contributed by atoms with van der Waals surface area (Å²) in [5.41, 5.74) is 1.43. The van der Waals surface area contributed by atoms with Gasteiger partial charge in [-0.05, 0) is 26.0 Å². The van der Waals surface area contributed by atoms with E-state index >= 15 is 0 Å². The summed E-state index contributed by atoms with van der Waals surface area (Å²) in [5, 5.41) is 6.03. The Balaban J connectivity index is 2.71. The Morgan fingerprint density at radius 1 is 1.21 bits per heavy atom. The molecule has 0 aliphatic rings. The minimum absolute atomic E-state index is 0.150. The number of hydrogen-bond acceptors (Lipinski definition) is 4. The molecule has 5 heteroatoms. The Hall–Kier alpha value is -1.59. The molecule has 0 saturated carbocycles. The lowest BCUT2D eigenvalue weighted by molar-refractivity contribution is -0.0974. The van der Waals surface area contributed by atoms with Crippen LogP contribution in [0, 0.1) is 0 Å². The van der Waals surface area contributed by atoms with E-state index < -0.39 is 6.29 Å². The number of carbonyl (C=O) groups is 1. The van der Waals surface area contributed by atoms with Gasteiger partial charge in [0, 0.05) is 25.9 Å². The zero-order valence-corrected chi connectivity index (χ0v) is 11.9. The van der Waals surface area contributed by atoms with Gasteiger partial charge >= 0.3 is 0 Å². The number of anilines is 1. The van der Waals surface area contributed by atoms with E-state index in [0.29, 0.717) is 12.1 Å². The van der Waals surface area contributed by atoms with Crippen molar-refractivity contribution >= 4 is 11.6 Å². The average Bonchev–Trinajstić information content (AvgIpc) is 2.39. The molecule has 1 aromatic carbocycles. The summed E-state index contributed by atoms with van der Waals surface area (Å²) in [6.07, 6.45) is -0.436. The van der Waals surface area contributed by atoms with Gasteiger partial charge in [-0.1, -0.05) is 12.1 Å². The van der Waals surface area contributed by atoms with Crippen LogP contribution in [0.2, 0.25) is 0 Å². The van der Waals surface area contributed by atoms with Crippen LogP contribution >= 0.6 is 0 Å². The standard InChI is InChI=1S/C14H22N2O3/c1-10(2)16-12-8-6-5-7-11(12)14(17)15-9-13(18-3)19-4/h5-8,10,13,16H,9H2,1-4H3,(H,15,17). The maximum atomic E-state index is 12.1. The van der Waals surface area contributed by atoms with Gasteiger partial charge in [0.05, 0.1) is 12.1 Å². The summed E-state index contributed by atoms with van der Waals surface area (Å²) < 4.78 is 10.1. The summed E-state index contributed by atoms with van der Waals surface area (Å²) in [6, 6.07) is 7.67. The van der Waals surface area contributed by atoms with Crippen molar-refractivity contribution in [2.75, 3.05) is 26.1 Å². The molecule has 0 unspecified atom stereocenters. The predicted octanol–water partition coefficient (Wildman–Crippen LogP) is 1.86. The molecular formula is C14H22N2O3. The topological polar surface area (TPSA) is 59.6 Å². The third kappa shape index (κ3) is 4.89. The number of amides is 1. The van der Waals surface area contributed by atoms with Gasteiger partial charge in [0.1, 0.15) is 0 Å². The number of nitrogens with one attached hydrogen (secondary N) is 2. The lowest BCUT2D eigenvalue weighted by Crippen LogP contribution is -2.34. The van der Waals surface area contributed by atoms with Gasteiger partial charge in [0.2, 0.25) is 0 Å². The molecule has 0 aliphatic heterocycles. The Kier molecular flexibility index (Phi) is 6.32. The first-order chi connectivity index (χ1) is 9.08. The van der Waals surface area contributed by atoms with Crippen LogP contribution < -0.4 is 10.6 Å². The van der Waals surface area contributed by atoms with Crippen molar-refractivity contribution in [3.63, 3.8) is 0 Å². The molecule has 0 heterocycles. The molecule has 0 aromatic heterocycles. The van der Waals surface area contributed by atoms with Gasteiger partial charge in [0.15, 0.2) is 6.29 Å². The molecule has 19 heavy (non-hydrogen) atoms. The highest BCUT2D eigenvalue weighted by Crippen LogP contribution is 2.15. The maximum absolute atomic E-state index is 12.1. The predicted molar refractivity (Wildman–Crippen MR) is 75.3 cm³/mol. The molecule has 1 aromatic rings. The molecule has 2 N–H and O–H groups in total. The van der Waals surface area contributed by atoms with Crippen LogP contribution in [0.4, 0.5) is 5.69 Å². The summed E-state index contributed by atoms with van der Waals surface area (Å²) in [7, 11) is 3.07. The van der Waals surface area contributed by atoms with Gasteiger partial charge in [-0.2, -0.15) is 0 Å². The Morgan fingerprint density at radius 3 is 2.42 bits per heavy atom. The SMILES string of the molecule is COC(CNC(=O)c1ccccc1NC(C)C)OC. The van der Waals surface area contributed by atoms with E-state index in [-0.39, 0.29) is 11.9 Å². The number of methoxy groups -OCH3 is 2. The summed E-state index contributed by atoms with van der Waals surface area (Å²) in [6.45, 7) is 4.36. The van der Waals surface area contributed by atoms with Crippen molar-refractivity contribution in [2.24, 2.45) is 0 Å². The zero-order chi connectivity index (χ0) is 14.3. The van der Waals surface area contributed by atoms with E-state index in [0.717, 1.165) is 5.69 Å². The van der Waals surface area contributed by atoms with E-state index in [1.54, 1.807) is 6.07 Å². The van der Waals surface area contributed by atoms with E-state index in [2.05, 4.69) is 10.6 Å². The van der Waals surface area contributed by atoms with Crippen molar-refractivity contribution in [3.8, 4) is 0 Å². The van der Waals surface area contributed by atoms with Crippen LogP contribution in [0.25, 0.3) is 0 Å². The number of carbonyl (C=O) groups excluding carboxylic acids is 1. The summed E-state index contributed by atoms with van der Waals surface area (Å²) >= 11 is 0. The summed E-state index contributed by atoms with van der Waals surface area (Å²) in [4.78, 5) is 12.1. The van der Waals surface area contributed by atoms with Crippen LogP contribution in [0.3, 0.4) is 0 Å². The van der Waals surface area contributed by atoms with Gasteiger partial charge in [0.25, 0.3) is 5.91 Å². The van der Waals surface area contributed by atoms with E-state index in [9.17, 15) is 4.79 Å². The quantitative estimate of drug-likeness (QED) is 0.740. The average molecular weight is 266 g/mol. The molecule has 0 fully saturated rings. The van der Waals surface area contributed by atoms with Gasteiger partial charge in [-0.3, -0.25) is 4.79 Å². The van der Waals surface area contributed by atoms with Crippen molar-refractivity contribution in [1.29, 1.82) is 0 Å². The van der Waals surface area contributed by atoms with Crippen LogP contribution in [-0.2, 0) is 9.47 Å². The highest BCUT2D eigenvalue weighted by Gasteiger charge is 2.13. The molecule has 5 nitrogen and oxygen atoms in total. The lowest BCUT2D eigenvalue weighted by Gasteiger charge is -2.17. The van der Waals surface area contributed by atoms with E-state index in [4.69, 9.17) is 9.47 Å². The third-order valence-corrected chi connectivity index (χ3v) is 2.57. The molecular weight excluding hydrogens is 244 g/mol. The number of para-hydroxylation sites is 1. The Morgan fingerprint density at radius 2 is 1.84 bits per heavy atom. The second-order valence-corrected chi connectivity index (χ2v) is 4.46. The van der Waals surface area contributed by atoms with Gasteiger partial charge < -0.3 is 20.1 Å². The third-order valence-electron chi connectivity index (χ3n) is 2.57. The molecule has 0 spiro atoms. The maximum Gasteiger partial charge on any atom is 0.253 e. The Bertz CT molecular complexity index is 403. The monoisotopic (exact) mass is 266 g/mol. The van der Waals surface area contributed by atoms with Crippen molar-refractivity contribution in [1.82, 2.24) is 5.32 Å². The molecule has 0 atom stereocenters. The first-order valence-electron chi connectivity index (χ1n) is 6.27. The second-order valence-electron chi connectivity index (χ2n) is 4.46. The van der Waals surface area contributed by atoms with E-state index in [1.165, 1.54) is 14.2 Å². The van der Waals surface area contributed by atoms with Crippen molar-refractivity contribution in [2.45, 2.75) is 26.2 Å².